The number of aliphatic hydroxyl groups is 1. The molecule has 9 unspecified atom stereocenters. The molecule has 2 aliphatic heterocycles. The van der Waals surface area contributed by atoms with E-state index in [0.29, 0.717) is 11.1 Å². The van der Waals surface area contributed by atoms with Crippen molar-refractivity contribution in [2.75, 3.05) is 7.11 Å². The Labute approximate surface area is 227 Å². The number of carbonyl (C=O) groups excluding carboxylic acids is 4. The van der Waals surface area contributed by atoms with Crippen molar-refractivity contribution < 1.29 is 47.6 Å². The first-order chi connectivity index (χ1) is 18.2. The van der Waals surface area contributed by atoms with Crippen LogP contribution >= 0.6 is 0 Å². The standard InChI is InChI=1S/C29H36O10/c1-14-22-23(33)27(5)17(10-20(31)35-7)26(3,4)18(37-15(2)30)11-19(27)39-29(14)12-21(32)38-25(16-8-9-36-13-16)28(29,6)24(22)34/h8-9,13,17-19,22,24-25,34H,1,10-12H2,2-7H3. The van der Waals surface area contributed by atoms with Gasteiger partial charge in [0.2, 0.25) is 0 Å². The van der Waals surface area contributed by atoms with Crippen LogP contribution in [0.25, 0.3) is 0 Å². The van der Waals surface area contributed by atoms with Crippen molar-refractivity contribution in [3.05, 3.63) is 36.3 Å². The second-order valence-corrected chi connectivity index (χ2v) is 12.4. The van der Waals surface area contributed by atoms with E-state index in [1.54, 1.807) is 19.9 Å². The van der Waals surface area contributed by atoms with Crippen LogP contribution in [0.4, 0.5) is 0 Å². The molecule has 10 heteroatoms. The number of Topliss-reactive ketones (excluding diaryl/α,β-unsaturated/α-hetero) is 1. The maximum atomic E-state index is 14.7. The van der Waals surface area contributed by atoms with Crippen LogP contribution in [0, 0.1) is 28.1 Å². The second kappa shape index (κ2) is 8.76. The fourth-order valence-electron chi connectivity index (χ4n) is 8.10. The highest BCUT2D eigenvalue weighted by Crippen LogP contribution is 2.70. The SMILES string of the molecule is C=C1C2C(=O)C3(C)C(CC(OC(C)=O)C(C)(C)C3CC(=O)OC)OC13CC(=O)OC(c1ccoc1)C3(C)C2O. The third kappa shape index (κ3) is 3.46. The van der Waals surface area contributed by atoms with E-state index in [0.717, 1.165) is 0 Å². The van der Waals surface area contributed by atoms with Crippen LogP contribution < -0.4 is 0 Å². The van der Waals surface area contributed by atoms with Gasteiger partial charge in [0.1, 0.15) is 17.8 Å². The minimum absolute atomic E-state index is 0.136. The number of carbonyl (C=O) groups is 4. The normalized spacial score (nSPS) is 42.6. The Morgan fingerprint density at radius 3 is 2.49 bits per heavy atom. The molecular weight excluding hydrogens is 508 g/mol. The van der Waals surface area contributed by atoms with Gasteiger partial charge in [-0.2, -0.15) is 0 Å². The summed E-state index contributed by atoms with van der Waals surface area (Å²) in [6, 6.07) is 1.64. The molecule has 212 valence electrons. The summed E-state index contributed by atoms with van der Waals surface area (Å²) in [5, 5.41) is 11.9. The smallest absolute Gasteiger partial charge is 0.309 e. The van der Waals surface area contributed by atoms with Gasteiger partial charge in [-0.3, -0.25) is 19.2 Å². The quantitative estimate of drug-likeness (QED) is 0.342. The maximum Gasteiger partial charge on any atom is 0.309 e. The van der Waals surface area contributed by atoms with Crippen LogP contribution in [0.2, 0.25) is 0 Å². The van der Waals surface area contributed by atoms with Gasteiger partial charge in [-0.1, -0.05) is 27.4 Å². The summed E-state index contributed by atoms with van der Waals surface area (Å²) in [4.78, 5) is 52.7. The van der Waals surface area contributed by atoms with Crippen molar-refractivity contribution in [3.63, 3.8) is 0 Å². The van der Waals surface area contributed by atoms with E-state index < -0.39 is 76.0 Å². The van der Waals surface area contributed by atoms with Gasteiger partial charge in [-0.25, -0.2) is 0 Å². The first kappa shape index (κ1) is 27.6. The Kier molecular flexibility index (Phi) is 6.20. The number of rotatable bonds is 4. The van der Waals surface area contributed by atoms with Crippen molar-refractivity contribution in [2.24, 2.45) is 28.1 Å². The molecule has 2 bridgehead atoms. The summed E-state index contributed by atoms with van der Waals surface area (Å²) in [6.07, 6.45) is -1.23. The lowest BCUT2D eigenvalue weighted by atomic mass is 9.50. The van der Waals surface area contributed by atoms with Crippen molar-refractivity contribution >= 4 is 23.7 Å². The number of hydrogen-bond donors (Lipinski definition) is 1. The molecular formula is C29H36O10. The zero-order chi connectivity index (χ0) is 28.7. The van der Waals surface area contributed by atoms with Crippen molar-refractivity contribution in [1.29, 1.82) is 0 Å². The Balaban J connectivity index is 1.71. The van der Waals surface area contributed by atoms with E-state index in [9.17, 15) is 24.3 Å². The monoisotopic (exact) mass is 544 g/mol. The summed E-state index contributed by atoms with van der Waals surface area (Å²) in [5.74, 6) is -3.70. The van der Waals surface area contributed by atoms with Gasteiger partial charge in [-0.05, 0) is 24.5 Å². The van der Waals surface area contributed by atoms with Gasteiger partial charge in [-0.15, -0.1) is 0 Å². The van der Waals surface area contributed by atoms with Crippen LogP contribution in [0.1, 0.15) is 65.5 Å². The first-order valence-corrected chi connectivity index (χ1v) is 13.2. The van der Waals surface area contributed by atoms with Gasteiger partial charge < -0.3 is 28.5 Å². The third-order valence-corrected chi connectivity index (χ3v) is 10.3. The lowest BCUT2D eigenvalue weighted by molar-refractivity contribution is -0.272. The molecule has 1 aromatic heterocycles. The lowest BCUT2D eigenvalue weighted by Crippen LogP contribution is -2.67. The summed E-state index contributed by atoms with van der Waals surface area (Å²) in [5.41, 5.74) is -4.07. The number of ether oxygens (including phenoxy) is 4. The van der Waals surface area contributed by atoms with Crippen molar-refractivity contribution in [3.8, 4) is 0 Å². The average molecular weight is 545 g/mol. The number of methoxy groups -OCH3 is 1. The Hall–Kier alpha value is -2.98. The average Bonchev–Trinajstić information content (AvgIpc) is 3.43. The predicted molar refractivity (Wildman–Crippen MR) is 134 cm³/mol. The van der Waals surface area contributed by atoms with Crippen LogP contribution in [-0.2, 0) is 38.1 Å². The number of furan rings is 1. The molecule has 1 aromatic rings. The van der Waals surface area contributed by atoms with E-state index in [1.165, 1.54) is 26.6 Å². The molecule has 1 spiro atoms. The molecule has 1 N–H and O–H groups in total. The molecule has 4 fully saturated rings. The number of cyclic esters (lactones) is 1. The Morgan fingerprint density at radius 1 is 1.21 bits per heavy atom. The van der Waals surface area contributed by atoms with Gasteiger partial charge in [0, 0.05) is 24.3 Å². The molecule has 9 atom stereocenters. The minimum Gasteiger partial charge on any atom is -0.472 e. The van der Waals surface area contributed by atoms with Gasteiger partial charge in [0.05, 0.1) is 61.4 Å². The third-order valence-electron chi connectivity index (χ3n) is 10.3. The van der Waals surface area contributed by atoms with Crippen LogP contribution in [-0.4, -0.2) is 59.8 Å². The molecule has 39 heavy (non-hydrogen) atoms. The number of esters is 3. The van der Waals surface area contributed by atoms with E-state index in [4.69, 9.17) is 23.4 Å². The zero-order valence-electron chi connectivity index (χ0n) is 23.1. The van der Waals surface area contributed by atoms with Gasteiger partial charge in [0.25, 0.3) is 0 Å². The van der Waals surface area contributed by atoms with E-state index in [-0.39, 0.29) is 25.0 Å². The van der Waals surface area contributed by atoms with Gasteiger partial charge in [0.15, 0.2) is 5.78 Å². The number of ketones is 1. The molecule has 0 amide bonds. The summed E-state index contributed by atoms with van der Waals surface area (Å²) in [7, 11) is 1.27. The fourth-order valence-corrected chi connectivity index (χ4v) is 8.10. The molecule has 10 nitrogen and oxygen atoms in total. The highest BCUT2D eigenvalue weighted by atomic mass is 16.6. The zero-order valence-corrected chi connectivity index (χ0v) is 23.1. The van der Waals surface area contributed by atoms with E-state index in [1.807, 2.05) is 13.8 Å². The van der Waals surface area contributed by atoms with E-state index >= 15 is 0 Å². The highest BCUT2D eigenvalue weighted by molar-refractivity contribution is 5.94. The molecule has 4 aliphatic rings. The molecule has 3 heterocycles. The van der Waals surface area contributed by atoms with Crippen molar-refractivity contribution in [1.82, 2.24) is 0 Å². The van der Waals surface area contributed by atoms with Crippen LogP contribution in [0.3, 0.4) is 0 Å². The van der Waals surface area contributed by atoms with Crippen LogP contribution in [0.5, 0.6) is 0 Å². The summed E-state index contributed by atoms with van der Waals surface area (Å²) < 4.78 is 28.7. The molecule has 2 aliphatic carbocycles. The van der Waals surface area contributed by atoms with E-state index in [2.05, 4.69) is 6.58 Å². The second-order valence-electron chi connectivity index (χ2n) is 12.4. The largest absolute Gasteiger partial charge is 0.472 e. The number of fused-ring (bicyclic) bond motifs is 2. The highest BCUT2D eigenvalue weighted by Gasteiger charge is 2.78. The van der Waals surface area contributed by atoms with Gasteiger partial charge >= 0.3 is 17.9 Å². The summed E-state index contributed by atoms with van der Waals surface area (Å²) >= 11 is 0. The Bertz CT molecular complexity index is 1230. The first-order valence-electron chi connectivity index (χ1n) is 13.2. The Morgan fingerprint density at radius 2 is 1.90 bits per heavy atom. The topological polar surface area (TPSA) is 139 Å². The lowest BCUT2D eigenvalue weighted by Gasteiger charge is -2.60. The molecule has 0 radical (unpaired) electrons. The van der Waals surface area contributed by atoms with Crippen molar-refractivity contribution in [2.45, 2.75) is 83.9 Å². The minimum atomic E-state index is -1.47. The predicted octanol–water partition coefficient (Wildman–Crippen LogP) is 3.07. The number of aliphatic hydroxyl groups excluding tert-OH is 1. The maximum absolute atomic E-state index is 14.7. The molecule has 5 rings (SSSR count). The molecule has 0 aromatic carbocycles. The molecule has 2 saturated heterocycles. The van der Waals surface area contributed by atoms with Crippen LogP contribution in [0.15, 0.2) is 35.2 Å². The molecule has 2 saturated carbocycles. The number of hydrogen-bond acceptors (Lipinski definition) is 10. The summed E-state index contributed by atoms with van der Waals surface area (Å²) in [6.45, 7) is 12.7. The fraction of sp³-hybridized carbons (Fsp3) is 0.655.